The molecular formula is C14H19BrN2O. The molecular weight excluding hydrogens is 292 g/mol. The van der Waals surface area contributed by atoms with E-state index in [1.807, 2.05) is 18.2 Å². The summed E-state index contributed by atoms with van der Waals surface area (Å²) in [6, 6.07) is 5.98. The summed E-state index contributed by atoms with van der Waals surface area (Å²) in [5.74, 6) is 0.129. The van der Waals surface area contributed by atoms with Gasteiger partial charge in [-0.25, -0.2) is 0 Å². The average Bonchev–Trinajstić information content (AvgIpc) is 2.54. The van der Waals surface area contributed by atoms with Crippen LogP contribution in [0.15, 0.2) is 22.7 Å². The molecule has 1 heterocycles. The molecule has 4 heteroatoms. The van der Waals surface area contributed by atoms with Crippen molar-refractivity contribution >= 4 is 27.4 Å². The van der Waals surface area contributed by atoms with Gasteiger partial charge in [-0.3, -0.25) is 4.79 Å². The highest BCUT2D eigenvalue weighted by atomic mass is 79.9. The molecule has 2 rings (SSSR count). The summed E-state index contributed by atoms with van der Waals surface area (Å²) in [6.45, 7) is 5.82. The van der Waals surface area contributed by atoms with Gasteiger partial charge in [-0.05, 0) is 45.1 Å². The second-order valence-corrected chi connectivity index (χ2v) is 5.78. The predicted octanol–water partition coefficient (Wildman–Crippen LogP) is 2.79. The van der Waals surface area contributed by atoms with Gasteiger partial charge in [-0.1, -0.05) is 15.9 Å². The standard InChI is InChI=1S/C14H19BrN2O/c1-11(18)13-10-12(15)4-5-14(13)17-7-3-6-16(2)8-9-17/h4-5,10H,3,6-9H2,1-2H3. The Kier molecular flexibility index (Phi) is 4.40. The van der Waals surface area contributed by atoms with E-state index in [1.54, 1.807) is 6.92 Å². The molecule has 1 saturated heterocycles. The van der Waals surface area contributed by atoms with Crippen LogP contribution in [0.3, 0.4) is 0 Å². The van der Waals surface area contributed by atoms with E-state index in [4.69, 9.17) is 0 Å². The van der Waals surface area contributed by atoms with Gasteiger partial charge < -0.3 is 9.80 Å². The average molecular weight is 311 g/mol. The third-order valence-corrected chi connectivity index (χ3v) is 3.89. The van der Waals surface area contributed by atoms with Gasteiger partial charge in [-0.2, -0.15) is 0 Å². The lowest BCUT2D eigenvalue weighted by Crippen LogP contribution is -2.29. The molecule has 0 amide bonds. The predicted molar refractivity (Wildman–Crippen MR) is 78.5 cm³/mol. The maximum atomic E-state index is 11.8. The Morgan fingerprint density at radius 2 is 2.00 bits per heavy atom. The van der Waals surface area contributed by atoms with E-state index in [-0.39, 0.29) is 5.78 Å². The number of anilines is 1. The maximum absolute atomic E-state index is 11.8. The molecule has 0 spiro atoms. The minimum absolute atomic E-state index is 0.129. The highest BCUT2D eigenvalue weighted by Crippen LogP contribution is 2.26. The largest absolute Gasteiger partial charge is 0.370 e. The summed E-state index contributed by atoms with van der Waals surface area (Å²) in [6.07, 6.45) is 1.14. The van der Waals surface area contributed by atoms with Crippen LogP contribution in [-0.4, -0.2) is 43.9 Å². The smallest absolute Gasteiger partial charge is 0.161 e. The highest BCUT2D eigenvalue weighted by molar-refractivity contribution is 9.10. The lowest BCUT2D eigenvalue weighted by Gasteiger charge is -2.25. The molecule has 1 fully saturated rings. The molecule has 0 unspecified atom stereocenters. The number of Topliss-reactive ketones (excluding diaryl/α,β-unsaturated/α-hetero) is 1. The second-order valence-electron chi connectivity index (χ2n) is 4.86. The summed E-state index contributed by atoms with van der Waals surface area (Å²) in [4.78, 5) is 16.4. The fraction of sp³-hybridized carbons (Fsp3) is 0.500. The molecule has 1 aliphatic heterocycles. The van der Waals surface area contributed by atoms with Crippen LogP contribution in [0.2, 0.25) is 0 Å². The number of carbonyl (C=O) groups excluding carboxylic acids is 1. The third-order valence-electron chi connectivity index (χ3n) is 3.40. The van der Waals surface area contributed by atoms with Crippen LogP contribution in [0.5, 0.6) is 0 Å². The Balaban J connectivity index is 2.29. The molecule has 0 bridgehead atoms. The van der Waals surface area contributed by atoms with Crippen molar-refractivity contribution in [2.45, 2.75) is 13.3 Å². The molecule has 98 valence electrons. The van der Waals surface area contributed by atoms with Gasteiger partial charge >= 0.3 is 0 Å². The Morgan fingerprint density at radius 3 is 2.72 bits per heavy atom. The van der Waals surface area contributed by atoms with Crippen LogP contribution >= 0.6 is 15.9 Å². The number of rotatable bonds is 2. The number of ketones is 1. The minimum Gasteiger partial charge on any atom is -0.370 e. The fourth-order valence-electron chi connectivity index (χ4n) is 2.35. The summed E-state index contributed by atoms with van der Waals surface area (Å²) < 4.78 is 0.961. The van der Waals surface area contributed by atoms with Crippen molar-refractivity contribution in [2.75, 3.05) is 38.1 Å². The van der Waals surface area contributed by atoms with E-state index in [9.17, 15) is 4.79 Å². The lowest BCUT2D eigenvalue weighted by atomic mass is 10.1. The Labute approximate surface area is 117 Å². The van der Waals surface area contributed by atoms with E-state index in [0.717, 1.165) is 48.3 Å². The molecule has 18 heavy (non-hydrogen) atoms. The quantitative estimate of drug-likeness (QED) is 0.785. The van der Waals surface area contributed by atoms with E-state index >= 15 is 0 Å². The summed E-state index contributed by atoms with van der Waals surface area (Å²) in [7, 11) is 2.15. The number of likely N-dealkylation sites (N-methyl/N-ethyl adjacent to an activating group) is 1. The summed E-state index contributed by atoms with van der Waals surface area (Å²) in [5, 5.41) is 0. The first-order valence-corrected chi connectivity index (χ1v) is 7.11. The molecule has 1 aromatic carbocycles. The van der Waals surface area contributed by atoms with E-state index in [1.165, 1.54) is 0 Å². The van der Waals surface area contributed by atoms with Gasteiger partial charge in [-0.15, -0.1) is 0 Å². The van der Waals surface area contributed by atoms with Gasteiger partial charge in [0, 0.05) is 35.4 Å². The van der Waals surface area contributed by atoms with Crippen molar-refractivity contribution < 1.29 is 4.79 Å². The highest BCUT2D eigenvalue weighted by Gasteiger charge is 2.17. The lowest BCUT2D eigenvalue weighted by molar-refractivity contribution is 0.101. The van der Waals surface area contributed by atoms with Gasteiger partial charge in [0.2, 0.25) is 0 Å². The Bertz CT molecular complexity index is 447. The van der Waals surface area contributed by atoms with Crippen molar-refractivity contribution in [3.63, 3.8) is 0 Å². The molecule has 1 aromatic rings. The monoisotopic (exact) mass is 310 g/mol. The van der Waals surface area contributed by atoms with Gasteiger partial charge in [0.05, 0.1) is 0 Å². The van der Waals surface area contributed by atoms with Crippen molar-refractivity contribution in [3.8, 4) is 0 Å². The van der Waals surface area contributed by atoms with Crippen LogP contribution in [0.25, 0.3) is 0 Å². The fourth-order valence-corrected chi connectivity index (χ4v) is 2.71. The second kappa shape index (κ2) is 5.85. The number of nitrogens with zero attached hydrogens (tertiary/aromatic N) is 2. The van der Waals surface area contributed by atoms with Gasteiger partial charge in [0.15, 0.2) is 5.78 Å². The molecule has 0 aliphatic carbocycles. The normalized spacial score (nSPS) is 17.6. The van der Waals surface area contributed by atoms with Crippen LogP contribution in [-0.2, 0) is 0 Å². The number of hydrogen-bond acceptors (Lipinski definition) is 3. The zero-order valence-electron chi connectivity index (χ0n) is 10.9. The number of carbonyl (C=O) groups is 1. The molecule has 0 N–H and O–H groups in total. The van der Waals surface area contributed by atoms with Crippen LogP contribution in [0, 0.1) is 0 Å². The molecule has 0 atom stereocenters. The van der Waals surface area contributed by atoms with Crippen LogP contribution in [0.4, 0.5) is 5.69 Å². The SMILES string of the molecule is CC(=O)c1cc(Br)ccc1N1CCCN(C)CC1. The first kappa shape index (κ1) is 13.6. The van der Waals surface area contributed by atoms with Gasteiger partial charge in [0.25, 0.3) is 0 Å². The molecule has 0 saturated carbocycles. The summed E-state index contributed by atoms with van der Waals surface area (Å²) >= 11 is 3.43. The Hall–Kier alpha value is -0.870. The maximum Gasteiger partial charge on any atom is 0.161 e. The topological polar surface area (TPSA) is 23.6 Å². The van der Waals surface area contributed by atoms with Crippen LogP contribution in [0.1, 0.15) is 23.7 Å². The van der Waals surface area contributed by atoms with Crippen molar-refractivity contribution in [2.24, 2.45) is 0 Å². The minimum atomic E-state index is 0.129. The van der Waals surface area contributed by atoms with E-state index in [2.05, 4.69) is 32.8 Å². The first-order chi connectivity index (χ1) is 8.58. The number of hydrogen-bond donors (Lipinski definition) is 0. The zero-order valence-corrected chi connectivity index (χ0v) is 12.5. The third kappa shape index (κ3) is 3.12. The molecule has 0 radical (unpaired) electrons. The van der Waals surface area contributed by atoms with E-state index < -0.39 is 0 Å². The molecule has 0 aromatic heterocycles. The van der Waals surface area contributed by atoms with Crippen molar-refractivity contribution in [1.82, 2.24) is 4.90 Å². The van der Waals surface area contributed by atoms with Crippen molar-refractivity contribution in [1.29, 1.82) is 0 Å². The van der Waals surface area contributed by atoms with E-state index in [0.29, 0.717) is 0 Å². The van der Waals surface area contributed by atoms with Crippen LogP contribution < -0.4 is 4.90 Å². The molecule has 1 aliphatic rings. The van der Waals surface area contributed by atoms with Crippen molar-refractivity contribution in [3.05, 3.63) is 28.2 Å². The van der Waals surface area contributed by atoms with Gasteiger partial charge in [0.1, 0.15) is 0 Å². The molecule has 3 nitrogen and oxygen atoms in total. The number of benzene rings is 1. The zero-order chi connectivity index (χ0) is 13.1. The Morgan fingerprint density at radius 1 is 1.22 bits per heavy atom. The first-order valence-electron chi connectivity index (χ1n) is 6.32. The summed E-state index contributed by atoms with van der Waals surface area (Å²) in [5.41, 5.74) is 1.88. The number of halogens is 1.